The third-order valence-corrected chi connectivity index (χ3v) is 6.04. The first kappa shape index (κ1) is 24.0. The normalized spacial score (nSPS) is 11.0. The van der Waals surface area contributed by atoms with E-state index in [4.69, 9.17) is 0 Å². The molecule has 0 spiro atoms. The fraction of sp³-hybridized carbons (Fsp3) is 0.0741. The van der Waals surface area contributed by atoms with Crippen LogP contribution in [0.5, 0.6) is 0 Å². The van der Waals surface area contributed by atoms with Crippen LogP contribution in [-0.4, -0.2) is 16.6 Å². The zero-order chi connectivity index (χ0) is 24.8. The van der Waals surface area contributed by atoms with Crippen molar-refractivity contribution in [1.29, 1.82) is 5.26 Å². The summed E-state index contributed by atoms with van der Waals surface area (Å²) in [5.74, 6) is -0.642. The predicted molar refractivity (Wildman–Crippen MR) is 131 cm³/mol. The molecule has 1 amide bonds. The summed E-state index contributed by atoms with van der Waals surface area (Å²) in [6, 6.07) is 27.3. The van der Waals surface area contributed by atoms with Crippen molar-refractivity contribution in [3.05, 3.63) is 102 Å². The lowest BCUT2D eigenvalue weighted by atomic mass is 9.99. The van der Waals surface area contributed by atoms with Crippen LogP contribution in [0.15, 0.2) is 96.0 Å². The van der Waals surface area contributed by atoms with Gasteiger partial charge in [0, 0.05) is 16.8 Å². The molecule has 3 aromatic carbocycles. The Morgan fingerprint density at radius 1 is 0.914 bits per heavy atom. The van der Waals surface area contributed by atoms with Crippen LogP contribution in [0.25, 0.3) is 22.4 Å². The average Bonchev–Trinajstić information content (AvgIpc) is 2.87. The number of hydrogen-bond acceptors (Lipinski definition) is 4. The van der Waals surface area contributed by atoms with Gasteiger partial charge in [-0.15, -0.1) is 0 Å². The third kappa shape index (κ3) is 5.89. The van der Waals surface area contributed by atoms with Gasteiger partial charge in [-0.3, -0.25) is 4.79 Å². The van der Waals surface area contributed by atoms with Crippen LogP contribution in [-0.2, 0) is 11.0 Å². The van der Waals surface area contributed by atoms with Crippen molar-refractivity contribution in [2.75, 3.05) is 11.1 Å². The van der Waals surface area contributed by atoms with Gasteiger partial charge in [0.15, 0.2) is 0 Å². The Morgan fingerprint density at radius 2 is 1.57 bits per heavy atom. The lowest BCUT2D eigenvalue weighted by Crippen LogP contribution is -2.15. The smallest absolute Gasteiger partial charge is 0.325 e. The van der Waals surface area contributed by atoms with Crippen molar-refractivity contribution in [1.82, 2.24) is 4.98 Å². The number of anilines is 1. The average molecular weight is 490 g/mol. The van der Waals surface area contributed by atoms with Crippen molar-refractivity contribution < 1.29 is 18.0 Å². The van der Waals surface area contributed by atoms with Gasteiger partial charge in [-0.2, -0.15) is 18.4 Å². The van der Waals surface area contributed by atoms with E-state index in [1.165, 1.54) is 12.1 Å². The number of thioether (sulfide) groups is 1. The largest absolute Gasteiger partial charge is 0.416 e. The van der Waals surface area contributed by atoms with E-state index in [0.29, 0.717) is 21.8 Å². The number of nitrogens with one attached hydrogen (secondary N) is 1. The highest BCUT2D eigenvalue weighted by Gasteiger charge is 2.30. The molecule has 0 saturated carbocycles. The zero-order valence-corrected chi connectivity index (χ0v) is 19.0. The van der Waals surface area contributed by atoms with Crippen LogP contribution >= 0.6 is 11.8 Å². The summed E-state index contributed by atoms with van der Waals surface area (Å²) in [6.07, 6.45) is -4.51. The number of benzene rings is 3. The molecule has 0 aliphatic rings. The Morgan fingerprint density at radius 3 is 2.20 bits per heavy atom. The molecule has 1 aromatic heterocycles. The highest BCUT2D eigenvalue weighted by molar-refractivity contribution is 8.00. The second-order valence-electron chi connectivity index (χ2n) is 7.49. The Balaban J connectivity index is 1.63. The number of hydrogen-bond donors (Lipinski definition) is 1. The van der Waals surface area contributed by atoms with Crippen molar-refractivity contribution in [2.24, 2.45) is 0 Å². The van der Waals surface area contributed by atoms with Crippen molar-refractivity contribution in [3.8, 4) is 28.5 Å². The van der Waals surface area contributed by atoms with E-state index in [1.54, 1.807) is 0 Å². The number of aromatic nitrogens is 1. The molecule has 0 aliphatic carbocycles. The van der Waals surface area contributed by atoms with Crippen LogP contribution in [0.4, 0.5) is 18.9 Å². The van der Waals surface area contributed by atoms with Gasteiger partial charge in [-0.1, -0.05) is 78.5 Å². The lowest BCUT2D eigenvalue weighted by Gasteiger charge is -2.13. The molecule has 8 heteroatoms. The van der Waals surface area contributed by atoms with Crippen LogP contribution in [0.3, 0.4) is 0 Å². The molecule has 4 rings (SSSR count). The van der Waals surface area contributed by atoms with Crippen molar-refractivity contribution in [2.45, 2.75) is 11.2 Å². The molecule has 0 fully saturated rings. The number of pyridine rings is 1. The topological polar surface area (TPSA) is 65.8 Å². The molecular formula is C27H18F3N3OS. The second kappa shape index (κ2) is 10.5. The number of carbonyl (C=O) groups is 1. The number of alkyl halides is 3. The SMILES string of the molecule is N#Cc1c(-c2ccccc2)cc(-c2ccccc2)nc1SCC(=O)Nc1cccc(C(F)(F)F)c1. The van der Waals surface area contributed by atoms with Crippen LogP contribution in [0.1, 0.15) is 11.1 Å². The molecule has 4 aromatic rings. The maximum absolute atomic E-state index is 13.0. The molecule has 4 nitrogen and oxygen atoms in total. The van der Waals surface area contributed by atoms with E-state index in [1.807, 2.05) is 66.7 Å². The van der Waals surface area contributed by atoms with E-state index in [-0.39, 0.29) is 11.4 Å². The summed E-state index contributed by atoms with van der Waals surface area (Å²) in [6.45, 7) is 0. The lowest BCUT2D eigenvalue weighted by molar-refractivity contribution is -0.137. The maximum atomic E-state index is 13.0. The molecule has 0 radical (unpaired) electrons. The monoisotopic (exact) mass is 489 g/mol. The van der Waals surface area contributed by atoms with Gasteiger partial charge < -0.3 is 5.32 Å². The zero-order valence-electron chi connectivity index (χ0n) is 18.2. The fourth-order valence-corrected chi connectivity index (χ4v) is 4.24. The molecule has 0 unspecified atom stereocenters. The molecular weight excluding hydrogens is 471 g/mol. The van der Waals surface area contributed by atoms with E-state index in [9.17, 15) is 23.2 Å². The molecule has 35 heavy (non-hydrogen) atoms. The van der Waals surface area contributed by atoms with Gasteiger partial charge in [0.2, 0.25) is 5.91 Å². The summed E-state index contributed by atoms with van der Waals surface area (Å²) in [5.41, 5.74) is 2.53. The second-order valence-corrected chi connectivity index (χ2v) is 8.46. The highest BCUT2D eigenvalue weighted by atomic mass is 32.2. The third-order valence-electron chi connectivity index (χ3n) is 5.07. The summed E-state index contributed by atoms with van der Waals surface area (Å²) in [7, 11) is 0. The Labute approximate surface area is 204 Å². The van der Waals surface area contributed by atoms with Gasteiger partial charge in [0.05, 0.1) is 22.6 Å². The van der Waals surface area contributed by atoms with E-state index >= 15 is 0 Å². The summed E-state index contributed by atoms with van der Waals surface area (Å²) < 4.78 is 38.9. The Hall–Kier alpha value is -4.09. The van der Waals surface area contributed by atoms with Gasteiger partial charge in [0.1, 0.15) is 11.1 Å². The van der Waals surface area contributed by atoms with E-state index in [2.05, 4.69) is 16.4 Å². The number of carbonyl (C=O) groups excluding carboxylic acids is 1. The standard InChI is InChI=1S/C27H18F3N3OS/c28-27(29,30)20-12-7-13-21(14-20)32-25(34)17-35-26-23(16-31)22(18-8-3-1-4-9-18)15-24(33-26)19-10-5-2-6-11-19/h1-15H,17H2,(H,32,34). The first-order chi connectivity index (χ1) is 16.8. The van der Waals surface area contributed by atoms with E-state index in [0.717, 1.165) is 35.0 Å². The molecule has 1 N–H and O–H groups in total. The van der Waals surface area contributed by atoms with Crippen LogP contribution < -0.4 is 5.32 Å². The fourth-order valence-electron chi connectivity index (χ4n) is 3.44. The maximum Gasteiger partial charge on any atom is 0.416 e. The molecule has 1 heterocycles. The van der Waals surface area contributed by atoms with Gasteiger partial charge >= 0.3 is 6.18 Å². The molecule has 0 aliphatic heterocycles. The Bertz CT molecular complexity index is 1380. The predicted octanol–water partition coefficient (Wildman–Crippen LogP) is 7.04. The van der Waals surface area contributed by atoms with E-state index < -0.39 is 17.6 Å². The highest BCUT2D eigenvalue weighted by Crippen LogP contribution is 2.34. The number of amides is 1. The molecule has 0 bridgehead atoms. The van der Waals surface area contributed by atoms with Crippen molar-refractivity contribution >= 4 is 23.4 Å². The first-order valence-electron chi connectivity index (χ1n) is 10.5. The van der Waals surface area contributed by atoms with Gasteiger partial charge in [-0.25, -0.2) is 4.98 Å². The van der Waals surface area contributed by atoms with Crippen LogP contribution in [0, 0.1) is 11.3 Å². The quantitative estimate of drug-likeness (QED) is 0.295. The minimum absolute atomic E-state index is 0.0434. The minimum Gasteiger partial charge on any atom is -0.325 e. The summed E-state index contributed by atoms with van der Waals surface area (Å²) in [4.78, 5) is 17.2. The molecule has 174 valence electrons. The Kier molecular flexibility index (Phi) is 7.18. The summed E-state index contributed by atoms with van der Waals surface area (Å²) >= 11 is 1.06. The van der Waals surface area contributed by atoms with Gasteiger partial charge in [-0.05, 0) is 29.8 Å². The minimum atomic E-state index is -4.51. The number of nitriles is 1. The number of nitrogens with zero attached hydrogens (tertiary/aromatic N) is 2. The number of rotatable bonds is 6. The molecule has 0 atom stereocenters. The first-order valence-corrected chi connectivity index (χ1v) is 11.5. The summed E-state index contributed by atoms with van der Waals surface area (Å²) in [5, 5.41) is 12.8. The van der Waals surface area contributed by atoms with Crippen molar-refractivity contribution in [3.63, 3.8) is 0 Å². The molecule has 0 saturated heterocycles. The number of halogens is 3. The van der Waals surface area contributed by atoms with Gasteiger partial charge in [0.25, 0.3) is 0 Å². The van der Waals surface area contributed by atoms with Crippen LogP contribution in [0.2, 0.25) is 0 Å².